The van der Waals surface area contributed by atoms with Crippen molar-refractivity contribution in [2.45, 2.75) is 27.0 Å². The van der Waals surface area contributed by atoms with Crippen molar-refractivity contribution in [3.05, 3.63) is 106 Å². The van der Waals surface area contributed by atoms with Gasteiger partial charge in [0.15, 0.2) is 5.82 Å². The SMILES string of the molecule is COc1ccc(C(=O)Nc2ccn(Cc3cccc(Cl)c3)n2)cc1COc1cc(C)ccc1C. The molecule has 0 radical (unpaired) electrons. The average Bonchev–Trinajstić information content (AvgIpc) is 3.26. The standard InChI is InChI=1S/C27H26ClN3O3/c1-18-7-8-19(2)25(13-18)34-17-22-15-21(9-10-24(22)33-3)27(32)29-26-11-12-31(30-26)16-20-5-4-6-23(28)14-20/h4-15H,16-17H2,1-3H3,(H,29,30,32). The van der Waals surface area contributed by atoms with Gasteiger partial charge in [-0.1, -0.05) is 35.9 Å². The van der Waals surface area contributed by atoms with Crippen LogP contribution in [-0.2, 0) is 13.2 Å². The zero-order valence-electron chi connectivity index (χ0n) is 19.3. The minimum absolute atomic E-state index is 0.261. The summed E-state index contributed by atoms with van der Waals surface area (Å²) in [6, 6.07) is 20.7. The highest BCUT2D eigenvalue weighted by Crippen LogP contribution is 2.25. The second-order valence-corrected chi connectivity index (χ2v) is 8.50. The average molecular weight is 476 g/mol. The second kappa shape index (κ2) is 10.4. The van der Waals surface area contributed by atoms with Crippen LogP contribution in [-0.4, -0.2) is 22.8 Å². The van der Waals surface area contributed by atoms with Crippen LogP contribution in [0, 0.1) is 13.8 Å². The summed E-state index contributed by atoms with van der Waals surface area (Å²) in [5, 5.41) is 7.97. The van der Waals surface area contributed by atoms with Gasteiger partial charge in [-0.15, -0.1) is 0 Å². The van der Waals surface area contributed by atoms with E-state index in [0.29, 0.717) is 28.7 Å². The Bertz CT molecular complexity index is 1320. The highest BCUT2D eigenvalue weighted by atomic mass is 35.5. The summed E-state index contributed by atoms with van der Waals surface area (Å²) in [4.78, 5) is 12.9. The van der Waals surface area contributed by atoms with E-state index < -0.39 is 0 Å². The van der Waals surface area contributed by atoms with E-state index in [9.17, 15) is 4.79 Å². The van der Waals surface area contributed by atoms with Gasteiger partial charge in [-0.3, -0.25) is 9.48 Å². The van der Waals surface area contributed by atoms with Crippen molar-refractivity contribution in [1.29, 1.82) is 0 Å². The van der Waals surface area contributed by atoms with Crippen molar-refractivity contribution < 1.29 is 14.3 Å². The van der Waals surface area contributed by atoms with E-state index in [2.05, 4.69) is 10.4 Å². The fourth-order valence-electron chi connectivity index (χ4n) is 3.58. The van der Waals surface area contributed by atoms with E-state index in [-0.39, 0.29) is 12.5 Å². The van der Waals surface area contributed by atoms with Crippen LogP contribution in [0.4, 0.5) is 5.82 Å². The molecule has 34 heavy (non-hydrogen) atoms. The lowest BCUT2D eigenvalue weighted by Gasteiger charge is -2.14. The van der Waals surface area contributed by atoms with E-state index in [4.69, 9.17) is 21.1 Å². The van der Waals surface area contributed by atoms with Crippen molar-refractivity contribution >= 4 is 23.3 Å². The number of nitrogens with one attached hydrogen (secondary N) is 1. The molecule has 0 unspecified atom stereocenters. The number of ether oxygens (including phenoxy) is 2. The van der Waals surface area contributed by atoms with Gasteiger partial charge in [0.25, 0.3) is 5.91 Å². The van der Waals surface area contributed by atoms with E-state index in [1.54, 1.807) is 36.1 Å². The highest BCUT2D eigenvalue weighted by Gasteiger charge is 2.13. The topological polar surface area (TPSA) is 65.4 Å². The van der Waals surface area contributed by atoms with Gasteiger partial charge in [-0.05, 0) is 66.9 Å². The summed E-state index contributed by atoms with van der Waals surface area (Å²) in [6.45, 7) is 4.86. The Balaban J connectivity index is 1.45. The molecule has 0 aliphatic rings. The Morgan fingerprint density at radius 3 is 2.68 bits per heavy atom. The summed E-state index contributed by atoms with van der Waals surface area (Å²) < 4.78 is 13.3. The monoisotopic (exact) mass is 475 g/mol. The maximum Gasteiger partial charge on any atom is 0.256 e. The molecule has 0 bridgehead atoms. The molecule has 4 rings (SSSR count). The number of amides is 1. The molecule has 1 N–H and O–H groups in total. The molecule has 1 heterocycles. The van der Waals surface area contributed by atoms with Gasteiger partial charge >= 0.3 is 0 Å². The van der Waals surface area contributed by atoms with Crippen molar-refractivity contribution in [2.75, 3.05) is 12.4 Å². The number of halogens is 1. The zero-order valence-corrected chi connectivity index (χ0v) is 20.1. The van der Waals surface area contributed by atoms with E-state index in [0.717, 1.165) is 28.0 Å². The number of aromatic nitrogens is 2. The van der Waals surface area contributed by atoms with Crippen molar-refractivity contribution in [3.8, 4) is 11.5 Å². The van der Waals surface area contributed by atoms with Crippen LogP contribution < -0.4 is 14.8 Å². The predicted molar refractivity (Wildman–Crippen MR) is 134 cm³/mol. The number of methoxy groups -OCH3 is 1. The largest absolute Gasteiger partial charge is 0.496 e. The maximum atomic E-state index is 12.9. The van der Waals surface area contributed by atoms with Gasteiger partial charge in [0.1, 0.15) is 18.1 Å². The van der Waals surface area contributed by atoms with Crippen LogP contribution in [0.25, 0.3) is 0 Å². The predicted octanol–water partition coefficient (Wildman–Crippen LogP) is 6.04. The van der Waals surface area contributed by atoms with Crippen molar-refractivity contribution in [3.63, 3.8) is 0 Å². The molecule has 1 aromatic heterocycles. The van der Waals surface area contributed by atoms with E-state index >= 15 is 0 Å². The lowest BCUT2D eigenvalue weighted by molar-refractivity contribution is 0.102. The third-order valence-corrected chi connectivity index (χ3v) is 5.62. The Morgan fingerprint density at radius 1 is 1.03 bits per heavy atom. The second-order valence-electron chi connectivity index (χ2n) is 8.07. The minimum atomic E-state index is -0.261. The summed E-state index contributed by atoms with van der Waals surface area (Å²) in [7, 11) is 1.60. The molecule has 0 atom stereocenters. The Labute approximate surface area is 204 Å². The first-order valence-electron chi connectivity index (χ1n) is 10.9. The van der Waals surface area contributed by atoms with E-state index in [1.807, 2.05) is 62.5 Å². The third kappa shape index (κ3) is 5.77. The number of aryl methyl sites for hydroxylation is 2. The van der Waals surface area contributed by atoms with Crippen LogP contribution >= 0.6 is 11.6 Å². The zero-order chi connectivity index (χ0) is 24.1. The smallest absolute Gasteiger partial charge is 0.256 e. The molecule has 7 heteroatoms. The van der Waals surface area contributed by atoms with Crippen LogP contribution in [0.1, 0.15) is 32.6 Å². The van der Waals surface area contributed by atoms with Gasteiger partial charge < -0.3 is 14.8 Å². The summed E-state index contributed by atoms with van der Waals surface area (Å²) >= 11 is 6.05. The van der Waals surface area contributed by atoms with E-state index in [1.165, 1.54) is 0 Å². The molecule has 1 amide bonds. The molecule has 0 saturated heterocycles. The fourth-order valence-corrected chi connectivity index (χ4v) is 3.79. The molecule has 0 fully saturated rings. The summed E-state index contributed by atoms with van der Waals surface area (Å²) in [5.41, 5.74) is 4.46. The number of rotatable bonds is 8. The number of anilines is 1. The first-order valence-corrected chi connectivity index (χ1v) is 11.3. The molecule has 4 aromatic rings. The van der Waals surface area contributed by atoms with Gasteiger partial charge in [0.05, 0.1) is 13.7 Å². The molecule has 0 spiro atoms. The number of carbonyl (C=O) groups excluding carboxylic acids is 1. The normalized spacial score (nSPS) is 10.7. The van der Waals surface area contributed by atoms with Crippen molar-refractivity contribution in [2.24, 2.45) is 0 Å². The fraction of sp³-hybridized carbons (Fsp3) is 0.185. The molecule has 0 saturated carbocycles. The number of carbonyl (C=O) groups is 1. The summed E-state index contributed by atoms with van der Waals surface area (Å²) in [6.07, 6.45) is 1.81. The van der Waals surface area contributed by atoms with Gasteiger partial charge in [0, 0.05) is 28.4 Å². The quantitative estimate of drug-likeness (QED) is 0.337. The lowest BCUT2D eigenvalue weighted by Crippen LogP contribution is -2.14. The molecular weight excluding hydrogens is 450 g/mol. The number of benzene rings is 3. The third-order valence-electron chi connectivity index (χ3n) is 5.39. The van der Waals surface area contributed by atoms with Gasteiger partial charge in [0.2, 0.25) is 0 Å². The summed E-state index contributed by atoms with van der Waals surface area (Å²) in [5.74, 6) is 1.68. The number of nitrogens with zero attached hydrogens (tertiary/aromatic N) is 2. The Hall–Kier alpha value is -3.77. The first-order chi connectivity index (χ1) is 16.4. The molecular formula is C27H26ClN3O3. The highest BCUT2D eigenvalue weighted by molar-refractivity contribution is 6.30. The molecule has 0 aliphatic heterocycles. The molecule has 6 nitrogen and oxygen atoms in total. The van der Waals surface area contributed by atoms with Crippen LogP contribution in [0.2, 0.25) is 5.02 Å². The minimum Gasteiger partial charge on any atom is -0.496 e. The van der Waals surface area contributed by atoms with Crippen LogP contribution in [0.15, 0.2) is 72.9 Å². The van der Waals surface area contributed by atoms with Crippen LogP contribution in [0.3, 0.4) is 0 Å². The Kier molecular flexibility index (Phi) is 7.18. The molecule has 174 valence electrons. The lowest BCUT2D eigenvalue weighted by atomic mass is 10.1. The van der Waals surface area contributed by atoms with Gasteiger partial charge in [-0.2, -0.15) is 5.10 Å². The first kappa shape index (κ1) is 23.4. The number of hydrogen-bond donors (Lipinski definition) is 1. The number of hydrogen-bond acceptors (Lipinski definition) is 4. The molecule has 0 aliphatic carbocycles. The van der Waals surface area contributed by atoms with Crippen molar-refractivity contribution in [1.82, 2.24) is 9.78 Å². The Morgan fingerprint density at radius 2 is 1.88 bits per heavy atom. The van der Waals surface area contributed by atoms with Gasteiger partial charge in [-0.25, -0.2) is 0 Å². The maximum absolute atomic E-state index is 12.9. The van der Waals surface area contributed by atoms with Crippen LogP contribution in [0.5, 0.6) is 11.5 Å². The molecule has 3 aromatic carbocycles.